The van der Waals surface area contributed by atoms with Crippen molar-refractivity contribution < 1.29 is 36.0 Å². The highest BCUT2D eigenvalue weighted by atomic mass is 32.2. The molecule has 0 unspecified atom stereocenters. The molecule has 0 aromatic rings. The summed E-state index contributed by atoms with van der Waals surface area (Å²) in [6.07, 6.45) is -0.512. The smallest absolute Gasteiger partial charge is 0.368 e. The molecule has 13 heteroatoms. The van der Waals surface area contributed by atoms with Crippen molar-refractivity contribution in [2.45, 2.75) is 44.3 Å². The number of Topliss-reactive ketones (excluding diaryl/α,β-unsaturated/α-hetero) is 1. The van der Waals surface area contributed by atoms with Crippen LogP contribution in [-0.4, -0.2) is 97.7 Å². The molecule has 0 bridgehead atoms. The van der Waals surface area contributed by atoms with Gasteiger partial charge in [-0.25, -0.2) is 8.42 Å². The number of nitrogens with zero attached hydrogens (tertiary/aromatic N) is 2. The standard InChI is InChI=1S/C18H30F3N3O5S2/c1-31(28,29)13-16(26)24(10-9-23-7-3-2-4-8-23)14(17(22)27)6-5-11-30-12-15(25)18(19,20)21/h14H,2-13H2,1H3,(H2,22,27)/t14-/m0/s1. The van der Waals surface area contributed by atoms with Crippen molar-refractivity contribution in [3.05, 3.63) is 0 Å². The number of carbonyl (C=O) groups excluding carboxylic acids is 3. The fourth-order valence-electron chi connectivity index (χ4n) is 3.27. The van der Waals surface area contributed by atoms with E-state index in [1.54, 1.807) is 0 Å². The predicted molar refractivity (Wildman–Crippen MR) is 112 cm³/mol. The number of sulfone groups is 1. The largest absolute Gasteiger partial charge is 0.450 e. The highest BCUT2D eigenvalue weighted by Gasteiger charge is 2.37. The molecule has 0 radical (unpaired) electrons. The lowest BCUT2D eigenvalue weighted by atomic mass is 10.1. The number of primary amides is 1. The van der Waals surface area contributed by atoms with E-state index in [0.29, 0.717) is 6.54 Å². The van der Waals surface area contributed by atoms with Crippen molar-refractivity contribution in [1.82, 2.24) is 9.80 Å². The van der Waals surface area contributed by atoms with E-state index in [2.05, 4.69) is 4.90 Å². The average molecular weight is 490 g/mol. The van der Waals surface area contributed by atoms with E-state index in [1.807, 2.05) is 0 Å². The lowest BCUT2D eigenvalue weighted by molar-refractivity contribution is -0.167. The van der Waals surface area contributed by atoms with Crippen molar-refractivity contribution in [2.75, 3.05) is 49.7 Å². The summed E-state index contributed by atoms with van der Waals surface area (Å²) in [4.78, 5) is 38.8. The first-order chi connectivity index (χ1) is 14.3. The highest BCUT2D eigenvalue weighted by Crippen LogP contribution is 2.20. The minimum atomic E-state index is -4.88. The fourth-order valence-corrected chi connectivity index (χ4v) is 4.75. The lowest BCUT2D eigenvalue weighted by Gasteiger charge is -2.33. The molecular weight excluding hydrogens is 459 g/mol. The maximum absolute atomic E-state index is 12.6. The number of nitrogens with two attached hydrogens (primary N) is 1. The average Bonchev–Trinajstić information content (AvgIpc) is 2.64. The van der Waals surface area contributed by atoms with Gasteiger partial charge in [0.15, 0.2) is 9.84 Å². The second-order valence-electron chi connectivity index (χ2n) is 7.59. The Bertz CT molecular complexity index is 725. The second-order valence-corrected chi connectivity index (χ2v) is 10.8. The van der Waals surface area contributed by atoms with Crippen molar-refractivity contribution >= 4 is 39.2 Å². The van der Waals surface area contributed by atoms with Gasteiger partial charge in [0.25, 0.3) is 0 Å². The molecule has 1 rings (SSSR count). The molecule has 0 saturated carbocycles. The number of hydrogen-bond acceptors (Lipinski definition) is 7. The first kappa shape index (κ1) is 27.7. The van der Waals surface area contributed by atoms with Crippen LogP contribution in [0.5, 0.6) is 0 Å². The van der Waals surface area contributed by atoms with Gasteiger partial charge in [-0.15, -0.1) is 0 Å². The highest BCUT2D eigenvalue weighted by molar-refractivity contribution is 7.99. The summed E-state index contributed by atoms with van der Waals surface area (Å²) in [5, 5.41) is 0. The molecule has 0 spiro atoms. The maximum Gasteiger partial charge on any atom is 0.450 e. The first-order valence-corrected chi connectivity index (χ1v) is 13.2. The Kier molecular flexibility index (Phi) is 11.3. The molecule has 1 fully saturated rings. The van der Waals surface area contributed by atoms with Crippen molar-refractivity contribution in [3.8, 4) is 0 Å². The van der Waals surface area contributed by atoms with Crippen molar-refractivity contribution in [3.63, 3.8) is 0 Å². The third-order valence-corrected chi connectivity index (χ3v) is 6.65. The van der Waals surface area contributed by atoms with E-state index in [1.165, 1.54) is 4.90 Å². The van der Waals surface area contributed by atoms with Gasteiger partial charge in [-0.05, 0) is 44.5 Å². The van der Waals surface area contributed by atoms with Crippen LogP contribution in [0.4, 0.5) is 13.2 Å². The minimum absolute atomic E-state index is 0.0675. The Hall–Kier alpha value is -1.34. The topological polar surface area (TPSA) is 118 Å². The lowest BCUT2D eigenvalue weighted by Crippen LogP contribution is -2.52. The monoisotopic (exact) mass is 489 g/mol. The van der Waals surface area contributed by atoms with Gasteiger partial charge in [0, 0.05) is 19.3 Å². The summed E-state index contributed by atoms with van der Waals surface area (Å²) in [5.74, 6) is -4.70. The molecule has 0 aromatic carbocycles. The van der Waals surface area contributed by atoms with E-state index in [4.69, 9.17) is 5.73 Å². The summed E-state index contributed by atoms with van der Waals surface area (Å²) in [5.41, 5.74) is 5.46. The molecule has 1 aliphatic heterocycles. The zero-order chi connectivity index (χ0) is 23.7. The number of likely N-dealkylation sites (tertiary alicyclic amines) is 1. The predicted octanol–water partition coefficient (Wildman–Crippen LogP) is 0.844. The molecule has 180 valence electrons. The van der Waals surface area contributed by atoms with Gasteiger partial charge in [-0.1, -0.05) is 6.42 Å². The third kappa shape index (κ3) is 11.2. The summed E-state index contributed by atoms with van der Waals surface area (Å²) in [7, 11) is -3.63. The third-order valence-electron chi connectivity index (χ3n) is 4.83. The van der Waals surface area contributed by atoms with Gasteiger partial charge in [0.1, 0.15) is 11.8 Å². The number of carbonyl (C=O) groups is 3. The normalized spacial score (nSPS) is 16.6. The van der Waals surface area contributed by atoms with Crippen LogP contribution in [0.1, 0.15) is 32.1 Å². The zero-order valence-corrected chi connectivity index (χ0v) is 19.2. The van der Waals surface area contributed by atoms with E-state index in [-0.39, 0.29) is 25.1 Å². The number of halogens is 3. The Morgan fingerprint density at radius 3 is 2.29 bits per heavy atom. The fraction of sp³-hybridized carbons (Fsp3) is 0.833. The quantitative estimate of drug-likeness (QED) is 0.381. The Balaban J connectivity index is 2.72. The Morgan fingerprint density at radius 2 is 1.77 bits per heavy atom. The minimum Gasteiger partial charge on any atom is -0.368 e. The number of alkyl halides is 3. The zero-order valence-electron chi connectivity index (χ0n) is 17.5. The molecule has 1 atom stereocenters. The number of ketones is 1. The molecular formula is C18H30F3N3O5S2. The van der Waals surface area contributed by atoms with Crippen LogP contribution < -0.4 is 5.73 Å². The van der Waals surface area contributed by atoms with Crippen LogP contribution in [0.15, 0.2) is 0 Å². The number of hydrogen-bond donors (Lipinski definition) is 1. The number of rotatable bonds is 13. The van der Waals surface area contributed by atoms with Gasteiger partial charge in [-0.3, -0.25) is 14.4 Å². The van der Waals surface area contributed by atoms with Crippen molar-refractivity contribution in [1.29, 1.82) is 0 Å². The van der Waals surface area contributed by atoms with Crippen LogP contribution in [0.25, 0.3) is 0 Å². The first-order valence-electron chi connectivity index (χ1n) is 9.98. The summed E-state index contributed by atoms with van der Waals surface area (Å²) in [6, 6.07) is -1.07. The van der Waals surface area contributed by atoms with Crippen LogP contribution in [0, 0.1) is 0 Å². The summed E-state index contributed by atoms with van der Waals surface area (Å²) in [6.45, 7) is 2.29. The van der Waals surface area contributed by atoms with Crippen LogP contribution >= 0.6 is 11.8 Å². The molecule has 1 heterocycles. The van der Waals surface area contributed by atoms with Gasteiger partial charge < -0.3 is 15.5 Å². The Labute approximate surface area is 185 Å². The van der Waals surface area contributed by atoms with E-state index in [0.717, 1.165) is 50.4 Å². The molecule has 0 aromatic heterocycles. The van der Waals surface area contributed by atoms with E-state index in [9.17, 15) is 36.0 Å². The number of piperidine rings is 1. The molecule has 2 N–H and O–H groups in total. The molecule has 0 aliphatic carbocycles. The summed E-state index contributed by atoms with van der Waals surface area (Å²) >= 11 is 0.779. The van der Waals surface area contributed by atoms with Crippen LogP contribution in [0.3, 0.4) is 0 Å². The van der Waals surface area contributed by atoms with Gasteiger partial charge in [-0.2, -0.15) is 24.9 Å². The number of amides is 2. The molecule has 1 aliphatic rings. The SMILES string of the molecule is CS(=O)(=O)CC(=O)N(CCN1CCCCC1)[C@@H](CCCSCC(=O)C(F)(F)F)C(N)=O. The molecule has 1 saturated heterocycles. The van der Waals surface area contributed by atoms with Crippen LogP contribution in [0.2, 0.25) is 0 Å². The van der Waals surface area contributed by atoms with Gasteiger partial charge in [0.05, 0.1) is 5.75 Å². The molecule has 31 heavy (non-hydrogen) atoms. The van der Waals surface area contributed by atoms with Gasteiger partial charge in [0.2, 0.25) is 17.6 Å². The molecule has 8 nitrogen and oxygen atoms in total. The second kappa shape index (κ2) is 12.6. The van der Waals surface area contributed by atoms with E-state index >= 15 is 0 Å². The molecule has 2 amide bonds. The number of thioether (sulfide) groups is 1. The maximum atomic E-state index is 12.6. The Morgan fingerprint density at radius 1 is 1.16 bits per heavy atom. The van der Waals surface area contributed by atoms with Crippen LogP contribution in [-0.2, 0) is 24.2 Å². The van der Waals surface area contributed by atoms with E-state index < -0.39 is 51.2 Å². The van der Waals surface area contributed by atoms with Crippen molar-refractivity contribution in [2.24, 2.45) is 5.73 Å². The summed E-state index contributed by atoms with van der Waals surface area (Å²) < 4.78 is 59.9. The van der Waals surface area contributed by atoms with Gasteiger partial charge >= 0.3 is 6.18 Å².